The lowest BCUT2D eigenvalue weighted by Gasteiger charge is -2.37. The molecule has 2 aliphatic rings. The highest BCUT2D eigenvalue weighted by atomic mass is 16.2. The van der Waals surface area contributed by atoms with Crippen LogP contribution in [-0.4, -0.2) is 42.0 Å². The minimum atomic E-state index is 0.281. The number of carbonyl (C=O) groups excluding carboxylic acids is 1. The van der Waals surface area contributed by atoms with Gasteiger partial charge in [-0.25, -0.2) is 4.98 Å². The summed E-state index contributed by atoms with van der Waals surface area (Å²) in [6.07, 6.45) is 4.01. The Morgan fingerprint density at radius 1 is 1.24 bits per heavy atom. The van der Waals surface area contributed by atoms with Gasteiger partial charge in [-0.3, -0.25) is 4.79 Å². The van der Waals surface area contributed by atoms with Crippen LogP contribution in [0.25, 0.3) is 10.9 Å². The van der Waals surface area contributed by atoms with Crippen LogP contribution in [-0.2, 0) is 4.79 Å². The van der Waals surface area contributed by atoms with E-state index in [2.05, 4.69) is 11.0 Å². The Kier molecular flexibility index (Phi) is 4.04. The Labute approximate surface area is 147 Å². The molecule has 0 atom stereocenters. The van der Waals surface area contributed by atoms with Crippen LogP contribution in [0.5, 0.6) is 0 Å². The average molecular weight is 334 g/mol. The molecule has 128 valence electrons. The van der Waals surface area contributed by atoms with E-state index in [1.165, 1.54) is 0 Å². The molecule has 4 rings (SSSR count). The Bertz CT molecular complexity index is 844. The van der Waals surface area contributed by atoms with Crippen molar-refractivity contribution < 1.29 is 4.79 Å². The largest absolute Gasteiger partial charge is 0.356 e. The van der Waals surface area contributed by atoms with Gasteiger partial charge in [0, 0.05) is 37.5 Å². The van der Waals surface area contributed by atoms with Gasteiger partial charge in [0.1, 0.15) is 5.82 Å². The lowest BCUT2D eigenvalue weighted by atomic mass is 10.0. The molecule has 1 aromatic heterocycles. The van der Waals surface area contributed by atoms with Crippen LogP contribution in [0, 0.1) is 17.2 Å². The first-order valence-corrected chi connectivity index (χ1v) is 8.99. The number of fused-ring (bicyclic) bond motifs is 1. The molecule has 1 saturated heterocycles. The van der Waals surface area contributed by atoms with Crippen LogP contribution in [0.4, 0.5) is 5.82 Å². The van der Waals surface area contributed by atoms with Crippen molar-refractivity contribution in [1.82, 2.24) is 9.88 Å². The number of hydrogen-bond acceptors (Lipinski definition) is 4. The summed E-state index contributed by atoms with van der Waals surface area (Å²) < 4.78 is 0. The van der Waals surface area contributed by atoms with Crippen molar-refractivity contribution in [2.45, 2.75) is 31.7 Å². The molecule has 25 heavy (non-hydrogen) atoms. The van der Waals surface area contributed by atoms with Gasteiger partial charge in [-0.15, -0.1) is 0 Å². The predicted molar refractivity (Wildman–Crippen MR) is 97.2 cm³/mol. The van der Waals surface area contributed by atoms with Gasteiger partial charge < -0.3 is 9.80 Å². The number of amides is 1. The van der Waals surface area contributed by atoms with E-state index < -0.39 is 0 Å². The molecule has 2 aromatic rings. The number of hydrogen-bond donors (Lipinski definition) is 0. The highest BCUT2D eigenvalue weighted by Gasteiger charge is 2.35. The van der Waals surface area contributed by atoms with Crippen LogP contribution in [0.2, 0.25) is 0 Å². The molecule has 0 unspecified atom stereocenters. The lowest BCUT2D eigenvalue weighted by molar-refractivity contribution is -0.133. The maximum absolute atomic E-state index is 12.2. The van der Waals surface area contributed by atoms with E-state index >= 15 is 0 Å². The van der Waals surface area contributed by atoms with Crippen molar-refractivity contribution in [1.29, 1.82) is 5.26 Å². The second kappa shape index (κ2) is 6.36. The summed E-state index contributed by atoms with van der Waals surface area (Å²) in [5, 5.41) is 10.4. The fourth-order valence-electron chi connectivity index (χ4n) is 3.70. The zero-order valence-corrected chi connectivity index (χ0v) is 14.5. The molecule has 5 nitrogen and oxygen atoms in total. The molecule has 2 fully saturated rings. The topological polar surface area (TPSA) is 60.2 Å². The van der Waals surface area contributed by atoms with Crippen molar-refractivity contribution in [3.05, 3.63) is 35.9 Å². The standard InChI is InChI=1S/C20H22N4O/c1-23(20(25)14-6-7-14)16-8-10-24(11-9-16)19-12-15(13-21)17-4-2-3-5-18(17)22-19/h2-5,12,14,16H,6-11H2,1H3. The summed E-state index contributed by atoms with van der Waals surface area (Å²) in [7, 11) is 1.95. The molecule has 1 aliphatic heterocycles. The smallest absolute Gasteiger partial charge is 0.225 e. The summed E-state index contributed by atoms with van der Waals surface area (Å²) in [4.78, 5) is 21.2. The minimum absolute atomic E-state index is 0.281. The van der Waals surface area contributed by atoms with Crippen LogP contribution < -0.4 is 4.90 Å². The fraction of sp³-hybridized carbons (Fsp3) is 0.450. The number of pyridine rings is 1. The average Bonchev–Trinajstić information content (AvgIpc) is 3.51. The second-order valence-electron chi connectivity index (χ2n) is 7.10. The van der Waals surface area contributed by atoms with Crippen molar-refractivity contribution in [3.63, 3.8) is 0 Å². The summed E-state index contributed by atoms with van der Waals surface area (Å²) in [5.41, 5.74) is 1.53. The first-order valence-electron chi connectivity index (χ1n) is 8.99. The third kappa shape index (κ3) is 3.05. The number of aromatic nitrogens is 1. The van der Waals surface area contributed by atoms with Gasteiger partial charge in [-0.05, 0) is 37.8 Å². The van der Waals surface area contributed by atoms with E-state index in [-0.39, 0.29) is 5.92 Å². The van der Waals surface area contributed by atoms with Gasteiger partial charge in [-0.1, -0.05) is 18.2 Å². The van der Waals surface area contributed by atoms with Crippen molar-refractivity contribution in [2.75, 3.05) is 25.0 Å². The van der Waals surface area contributed by atoms with Crippen LogP contribution in [0.3, 0.4) is 0 Å². The van der Waals surface area contributed by atoms with Crippen molar-refractivity contribution in [2.24, 2.45) is 5.92 Å². The van der Waals surface area contributed by atoms with Crippen molar-refractivity contribution >= 4 is 22.6 Å². The lowest BCUT2D eigenvalue weighted by Crippen LogP contribution is -2.46. The number of carbonyl (C=O) groups is 1. The highest BCUT2D eigenvalue weighted by molar-refractivity contribution is 5.86. The van der Waals surface area contributed by atoms with Gasteiger partial charge in [0.05, 0.1) is 17.1 Å². The molecule has 0 bridgehead atoms. The molecular weight excluding hydrogens is 312 g/mol. The molecule has 1 amide bonds. The molecule has 0 spiro atoms. The van der Waals surface area contributed by atoms with Crippen LogP contribution in [0.1, 0.15) is 31.2 Å². The molecule has 1 aromatic carbocycles. The number of benzene rings is 1. The van der Waals surface area contributed by atoms with E-state index in [1.807, 2.05) is 42.3 Å². The second-order valence-corrected chi connectivity index (χ2v) is 7.10. The summed E-state index contributed by atoms with van der Waals surface area (Å²) in [5.74, 6) is 1.46. The molecule has 2 heterocycles. The van der Waals surface area contributed by atoms with E-state index in [9.17, 15) is 10.1 Å². The van der Waals surface area contributed by atoms with Crippen LogP contribution in [0.15, 0.2) is 30.3 Å². The number of piperidine rings is 1. The van der Waals surface area contributed by atoms with Gasteiger partial charge in [-0.2, -0.15) is 5.26 Å². The molecule has 0 radical (unpaired) electrons. The Morgan fingerprint density at radius 2 is 1.96 bits per heavy atom. The van der Waals surface area contributed by atoms with E-state index in [4.69, 9.17) is 4.98 Å². The zero-order chi connectivity index (χ0) is 17.4. The Morgan fingerprint density at radius 3 is 2.64 bits per heavy atom. The first kappa shape index (κ1) is 15.9. The number of nitrogens with zero attached hydrogens (tertiary/aromatic N) is 4. The normalized spacial score (nSPS) is 18.2. The minimum Gasteiger partial charge on any atom is -0.356 e. The number of para-hydroxylation sites is 1. The van der Waals surface area contributed by atoms with Crippen LogP contribution >= 0.6 is 0 Å². The van der Waals surface area contributed by atoms with Crippen molar-refractivity contribution in [3.8, 4) is 6.07 Å². The summed E-state index contributed by atoms with van der Waals surface area (Å²) in [6, 6.07) is 12.3. The molecule has 0 N–H and O–H groups in total. The highest BCUT2D eigenvalue weighted by Crippen LogP contribution is 2.32. The maximum Gasteiger partial charge on any atom is 0.225 e. The van der Waals surface area contributed by atoms with E-state index in [0.29, 0.717) is 17.5 Å². The third-order valence-corrected chi connectivity index (χ3v) is 5.43. The molecular formula is C20H22N4O. The Balaban J connectivity index is 1.50. The first-order chi connectivity index (χ1) is 12.2. The monoisotopic (exact) mass is 334 g/mol. The SMILES string of the molecule is CN(C(=O)C1CC1)C1CCN(c2cc(C#N)c3ccccc3n2)CC1. The third-order valence-electron chi connectivity index (χ3n) is 5.43. The quantitative estimate of drug-likeness (QED) is 0.866. The number of nitriles is 1. The van der Waals surface area contributed by atoms with Gasteiger partial charge in [0.2, 0.25) is 5.91 Å². The fourth-order valence-corrected chi connectivity index (χ4v) is 3.70. The zero-order valence-electron chi connectivity index (χ0n) is 14.5. The van der Waals surface area contributed by atoms with Gasteiger partial charge in [0.25, 0.3) is 0 Å². The molecule has 1 saturated carbocycles. The summed E-state index contributed by atoms with van der Waals surface area (Å²) >= 11 is 0. The maximum atomic E-state index is 12.2. The van der Waals surface area contributed by atoms with E-state index in [0.717, 1.165) is 55.5 Å². The molecule has 1 aliphatic carbocycles. The number of rotatable bonds is 3. The van der Waals surface area contributed by atoms with Gasteiger partial charge >= 0.3 is 0 Å². The summed E-state index contributed by atoms with van der Waals surface area (Å²) in [6.45, 7) is 1.73. The Hall–Kier alpha value is -2.61. The van der Waals surface area contributed by atoms with E-state index in [1.54, 1.807) is 0 Å². The van der Waals surface area contributed by atoms with Gasteiger partial charge in [0.15, 0.2) is 0 Å². The predicted octanol–water partition coefficient (Wildman–Crippen LogP) is 2.94. The molecule has 5 heteroatoms. The number of anilines is 1.